The number of nitrogens with zero attached hydrogens (tertiary/aromatic N) is 2. The highest BCUT2D eigenvalue weighted by Crippen LogP contribution is 2.20. The third-order valence-electron chi connectivity index (χ3n) is 3.89. The Morgan fingerprint density at radius 3 is 2.96 bits per heavy atom. The lowest BCUT2D eigenvalue weighted by atomic mass is 10.2. The second-order valence-corrected chi connectivity index (χ2v) is 6.12. The molecule has 0 aliphatic carbocycles. The van der Waals surface area contributed by atoms with Gasteiger partial charge in [-0.05, 0) is 13.0 Å². The molecule has 2 aromatic heterocycles. The van der Waals surface area contributed by atoms with Gasteiger partial charge in [-0.1, -0.05) is 0 Å². The highest BCUT2D eigenvalue weighted by atomic mass is 35.5. The fourth-order valence-electron chi connectivity index (χ4n) is 2.72. The van der Waals surface area contributed by atoms with E-state index in [1.165, 1.54) is 18.4 Å². The first-order valence-electron chi connectivity index (χ1n) is 7.30. The molecule has 2 aromatic rings. The summed E-state index contributed by atoms with van der Waals surface area (Å²) in [7, 11) is 1.37. The van der Waals surface area contributed by atoms with Gasteiger partial charge in [-0.15, -0.1) is 23.7 Å². The summed E-state index contributed by atoms with van der Waals surface area (Å²) >= 11 is 1.32. The van der Waals surface area contributed by atoms with E-state index in [2.05, 4.69) is 20.2 Å². The molecule has 24 heavy (non-hydrogen) atoms. The number of rotatable bonds is 4. The van der Waals surface area contributed by atoms with Crippen molar-refractivity contribution in [2.45, 2.75) is 26.6 Å². The van der Waals surface area contributed by atoms with Crippen molar-refractivity contribution in [2.24, 2.45) is 0 Å². The minimum Gasteiger partial charge on any atom is -0.465 e. The Labute approximate surface area is 149 Å². The van der Waals surface area contributed by atoms with Crippen molar-refractivity contribution in [3.05, 3.63) is 39.1 Å². The van der Waals surface area contributed by atoms with Crippen molar-refractivity contribution in [2.75, 3.05) is 13.7 Å². The first-order valence-corrected chi connectivity index (χ1v) is 8.18. The van der Waals surface area contributed by atoms with Crippen LogP contribution >= 0.6 is 23.7 Å². The lowest BCUT2D eigenvalue weighted by molar-refractivity contribution is 0.0598. The van der Waals surface area contributed by atoms with Crippen molar-refractivity contribution < 1.29 is 14.3 Å². The van der Waals surface area contributed by atoms with Gasteiger partial charge in [0.2, 0.25) is 0 Å². The molecule has 0 atom stereocenters. The number of hydrogen-bond donors (Lipinski definition) is 2. The largest absolute Gasteiger partial charge is 0.465 e. The average Bonchev–Trinajstić information content (AvgIpc) is 3.16. The van der Waals surface area contributed by atoms with E-state index in [0.29, 0.717) is 23.5 Å². The third kappa shape index (κ3) is 3.45. The van der Waals surface area contributed by atoms with Crippen molar-refractivity contribution >= 4 is 35.6 Å². The van der Waals surface area contributed by atoms with E-state index in [0.717, 1.165) is 30.2 Å². The van der Waals surface area contributed by atoms with Gasteiger partial charge < -0.3 is 19.9 Å². The summed E-state index contributed by atoms with van der Waals surface area (Å²) in [6.07, 6.45) is 0. The molecule has 1 aliphatic rings. The Kier molecular flexibility index (Phi) is 5.98. The monoisotopic (exact) mass is 370 g/mol. The number of esters is 1. The minimum atomic E-state index is -0.353. The van der Waals surface area contributed by atoms with E-state index >= 15 is 0 Å². The first kappa shape index (κ1) is 18.4. The van der Waals surface area contributed by atoms with E-state index in [9.17, 15) is 9.59 Å². The molecule has 2 N–H and O–H groups in total. The lowest BCUT2D eigenvalue weighted by Crippen LogP contribution is -2.31. The summed E-state index contributed by atoms with van der Waals surface area (Å²) in [5.74, 6) is -0.498. The molecule has 0 spiro atoms. The maximum atomic E-state index is 12.2. The number of thiazole rings is 1. The van der Waals surface area contributed by atoms with Crippen LogP contribution in [-0.4, -0.2) is 35.1 Å². The van der Waals surface area contributed by atoms with Crippen LogP contribution in [-0.2, 0) is 24.4 Å². The summed E-state index contributed by atoms with van der Waals surface area (Å²) in [6.45, 7) is 4.38. The summed E-state index contributed by atoms with van der Waals surface area (Å²) in [4.78, 5) is 28.8. The minimum absolute atomic E-state index is 0. The highest BCUT2D eigenvalue weighted by Gasteiger charge is 2.23. The molecule has 9 heteroatoms. The topological polar surface area (TPSA) is 85.2 Å². The molecule has 0 radical (unpaired) electrons. The lowest BCUT2D eigenvalue weighted by Gasteiger charge is -2.20. The van der Waals surface area contributed by atoms with Crippen molar-refractivity contribution in [3.8, 4) is 0 Å². The zero-order valence-electron chi connectivity index (χ0n) is 13.4. The Hall–Kier alpha value is -1.90. The summed E-state index contributed by atoms with van der Waals surface area (Å²) < 4.78 is 6.91. The SMILES string of the molecule is COC(=O)c1cc(CNC(=O)c2scnc2C)n2c1CNCC2.Cl. The van der Waals surface area contributed by atoms with Crippen LogP contribution in [0, 0.1) is 6.92 Å². The molecule has 0 saturated heterocycles. The van der Waals surface area contributed by atoms with E-state index < -0.39 is 0 Å². The number of amides is 1. The van der Waals surface area contributed by atoms with Crippen LogP contribution in [0.2, 0.25) is 0 Å². The molecule has 0 fully saturated rings. The van der Waals surface area contributed by atoms with Gasteiger partial charge in [0.05, 0.1) is 30.4 Å². The third-order valence-corrected chi connectivity index (χ3v) is 4.81. The molecule has 0 unspecified atom stereocenters. The Balaban J connectivity index is 0.00000208. The number of aryl methyl sites for hydroxylation is 1. The van der Waals surface area contributed by atoms with Crippen LogP contribution in [0.5, 0.6) is 0 Å². The molecule has 1 amide bonds. The molecule has 0 bridgehead atoms. The number of carbonyl (C=O) groups excluding carboxylic acids is 2. The van der Waals surface area contributed by atoms with E-state index in [4.69, 9.17) is 4.74 Å². The summed E-state index contributed by atoms with van der Waals surface area (Å²) in [5.41, 5.74) is 4.74. The number of ether oxygens (including phenoxy) is 1. The second-order valence-electron chi connectivity index (χ2n) is 5.27. The zero-order valence-corrected chi connectivity index (χ0v) is 15.1. The fourth-order valence-corrected chi connectivity index (χ4v) is 3.44. The van der Waals surface area contributed by atoms with Gasteiger partial charge in [-0.2, -0.15) is 0 Å². The molecule has 3 heterocycles. The van der Waals surface area contributed by atoms with Gasteiger partial charge in [-0.25, -0.2) is 9.78 Å². The standard InChI is InChI=1S/C15H18N4O3S.ClH/c1-9-13(23-8-18-9)14(20)17-6-10-5-11(15(21)22-2)12-7-16-3-4-19(10)12;/h5,8,16H,3-4,6-7H2,1-2H3,(H,17,20);1H. The number of aromatic nitrogens is 2. The Morgan fingerprint density at radius 1 is 1.50 bits per heavy atom. The van der Waals surface area contributed by atoms with Gasteiger partial charge in [0.1, 0.15) is 4.88 Å². The predicted octanol–water partition coefficient (Wildman–Crippen LogP) is 1.49. The van der Waals surface area contributed by atoms with Gasteiger partial charge in [0.15, 0.2) is 0 Å². The molecule has 3 rings (SSSR count). The van der Waals surface area contributed by atoms with Gasteiger partial charge in [-0.3, -0.25) is 4.79 Å². The smallest absolute Gasteiger partial charge is 0.339 e. The maximum Gasteiger partial charge on any atom is 0.339 e. The zero-order chi connectivity index (χ0) is 16.4. The van der Waals surface area contributed by atoms with Gasteiger partial charge in [0, 0.05) is 31.0 Å². The highest BCUT2D eigenvalue weighted by molar-refractivity contribution is 7.11. The van der Waals surface area contributed by atoms with Crippen LogP contribution in [0.25, 0.3) is 0 Å². The van der Waals surface area contributed by atoms with E-state index in [1.54, 1.807) is 11.6 Å². The first-order chi connectivity index (χ1) is 11.1. The van der Waals surface area contributed by atoms with Crippen molar-refractivity contribution in [1.29, 1.82) is 0 Å². The Morgan fingerprint density at radius 2 is 2.29 bits per heavy atom. The van der Waals surface area contributed by atoms with Crippen LogP contribution in [0.1, 0.15) is 37.1 Å². The van der Waals surface area contributed by atoms with E-state index in [-0.39, 0.29) is 24.3 Å². The fraction of sp³-hybridized carbons (Fsp3) is 0.400. The number of carbonyl (C=O) groups is 2. The van der Waals surface area contributed by atoms with Crippen molar-refractivity contribution in [3.63, 3.8) is 0 Å². The quantitative estimate of drug-likeness (QED) is 0.796. The number of fused-ring (bicyclic) bond motifs is 1. The van der Waals surface area contributed by atoms with Crippen LogP contribution in [0.15, 0.2) is 11.6 Å². The van der Waals surface area contributed by atoms with Gasteiger partial charge in [0.25, 0.3) is 5.91 Å². The van der Waals surface area contributed by atoms with E-state index in [1.807, 2.05) is 6.92 Å². The second kappa shape index (κ2) is 7.78. The van der Waals surface area contributed by atoms with Crippen LogP contribution in [0.3, 0.4) is 0 Å². The molecule has 1 aliphatic heterocycles. The molecular formula is C15H19ClN4O3S. The maximum absolute atomic E-state index is 12.2. The molecule has 130 valence electrons. The summed E-state index contributed by atoms with van der Waals surface area (Å²) in [6, 6.07) is 1.80. The molecule has 0 aromatic carbocycles. The van der Waals surface area contributed by atoms with Crippen LogP contribution < -0.4 is 10.6 Å². The number of nitrogens with one attached hydrogen (secondary N) is 2. The Bertz CT molecular complexity index is 756. The van der Waals surface area contributed by atoms with Gasteiger partial charge >= 0.3 is 5.97 Å². The van der Waals surface area contributed by atoms with Crippen molar-refractivity contribution in [1.82, 2.24) is 20.2 Å². The van der Waals surface area contributed by atoms with Crippen LogP contribution in [0.4, 0.5) is 0 Å². The predicted molar refractivity (Wildman–Crippen MR) is 92.7 cm³/mol. The average molecular weight is 371 g/mol. The number of hydrogen-bond acceptors (Lipinski definition) is 6. The molecular weight excluding hydrogens is 352 g/mol. The normalized spacial score (nSPS) is 12.9. The number of halogens is 1. The number of methoxy groups -OCH3 is 1. The molecule has 0 saturated carbocycles. The molecule has 7 nitrogen and oxygen atoms in total. The summed E-state index contributed by atoms with van der Waals surface area (Å²) in [5, 5.41) is 6.15.